The lowest BCUT2D eigenvalue weighted by Crippen LogP contribution is -2.36. The molecule has 0 aliphatic carbocycles. The van der Waals surface area contributed by atoms with Crippen LogP contribution in [0.1, 0.15) is 48.4 Å². The Labute approximate surface area is 126 Å². The maximum Gasteiger partial charge on any atom is 0.136 e. The van der Waals surface area contributed by atoms with E-state index < -0.39 is 5.60 Å². The monoisotopic (exact) mass is 291 g/mol. The van der Waals surface area contributed by atoms with Crippen molar-refractivity contribution in [2.24, 2.45) is 7.05 Å². The molecule has 0 radical (unpaired) electrons. The summed E-state index contributed by atoms with van der Waals surface area (Å²) in [7, 11) is 1.94. The summed E-state index contributed by atoms with van der Waals surface area (Å²) in [5, 5.41) is 18.4. The molecule has 0 bridgehead atoms. The minimum atomic E-state index is -1.04. The number of aromatic nitrogens is 2. The fourth-order valence-corrected chi connectivity index (χ4v) is 2.68. The Morgan fingerprint density at radius 3 is 2.52 bits per heavy atom. The number of furan rings is 1. The highest BCUT2D eigenvalue weighted by molar-refractivity contribution is 5.27. The minimum Gasteiger partial charge on any atom is -0.463 e. The lowest BCUT2D eigenvalue weighted by molar-refractivity contribution is 0.0312. The number of nitrogens with zero attached hydrogens (tertiary/aromatic N) is 2. The van der Waals surface area contributed by atoms with Gasteiger partial charge >= 0.3 is 0 Å². The number of aryl methyl sites for hydroxylation is 3. The SMILES string of the molecule is Cc1ccc(C(C)(O)CNC(C)c2c(C)nn(C)c2C)o1. The first kappa shape index (κ1) is 15.8. The zero-order chi connectivity index (χ0) is 15.8. The minimum absolute atomic E-state index is 0.112. The van der Waals surface area contributed by atoms with Gasteiger partial charge in [0.1, 0.15) is 17.1 Å². The molecule has 21 heavy (non-hydrogen) atoms. The molecule has 0 fully saturated rings. The van der Waals surface area contributed by atoms with Gasteiger partial charge in [0.2, 0.25) is 0 Å². The second-order valence-corrected chi connectivity index (χ2v) is 5.99. The first-order chi connectivity index (χ1) is 9.72. The average Bonchev–Trinajstić information content (AvgIpc) is 2.93. The van der Waals surface area contributed by atoms with Crippen molar-refractivity contribution in [2.75, 3.05) is 6.54 Å². The molecule has 2 aromatic heterocycles. The summed E-state index contributed by atoms with van der Waals surface area (Å²) in [6, 6.07) is 3.80. The van der Waals surface area contributed by atoms with Crippen LogP contribution in [0.25, 0.3) is 0 Å². The summed E-state index contributed by atoms with van der Waals surface area (Å²) in [4.78, 5) is 0. The van der Waals surface area contributed by atoms with Crippen molar-refractivity contribution in [1.82, 2.24) is 15.1 Å². The Hall–Kier alpha value is -1.59. The summed E-state index contributed by atoms with van der Waals surface area (Å²) in [5.41, 5.74) is 2.31. The van der Waals surface area contributed by atoms with E-state index in [1.165, 1.54) is 5.56 Å². The third kappa shape index (κ3) is 3.19. The maximum absolute atomic E-state index is 10.6. The standard InChI is InChI=1S/C16H25N3O2/c1-10-7-8-14(21-10)16(5,20)9-17-11(2)15-12(3)18-19(6)13(15)4/h7-8,11,17,20H,9H2,1-6H3. The molecule has 5 heteroatoms. The van der Waals surface area contributed by atoms with Gasteiger partial charge in [-0.15, -0.1) is 0 Å². The van der Waals surface area contributed by atoms with Crippen LogP contribution < -0.4 is 5.32 Å². The Balaban J connectivity index is 2.08. The average molecular weight is 291 g/mol. The zero-order valence-electron chi connectivity index (χ0n) is 13.7. The van der Waals surface area contributed by atoms with Gasteiger partial charge in [0.15, 0.2) is 0 Å². The summed E-state index contributed by atoms with van der Waals surface area (Å²) >= 11 is 0. The molecule has 2 unspecified atom stereocenters. The van der Waals surface area contributed by atoms with E-state index >= 15 is 0 Å². The summed E-state index contributed by atoms with van der Waals surface area (Å²) in [6.45, 7) is 10.2. The summed E-state index contributed by atoms with van der Waals surface area (Å²) < 4.78 is 7.42. The normalized spacial score (nSPS) is 16.0. The molecule has 2 N–H and O–H groups in total. The van der Waals surface area contributed by atoms with Gasteiger partial charge in [0, 0.05) is 30.9 Å². The van der Waals surface area contributed by atoms with Crippen molar-refractivity contribution >= 4 is 0 Å². The quantitative estimate of drug-likeness (QED) is 0.888. The van der Waals surface area contributed by atoms with E-state index in [1.807, 2.05) is 37.7 Å². The van der Waals surface area contributed by atoms with Crippen molar-refractivity contribution in [2.45, 2.75) is 46.3 Å². The van der Waals surface area contributed by atoms with Crippen LogP contribution in [0.4, 0.5) is 0 Å². The zero-order valence-corrected chi connectivity index (χ0v) is 13.7. The Morgan fingerprint density at radius 1 is 1.38 bits per heavy atom. The lowest BCUT2D eigenvalue weighted by atomic mass is 10.0. The maximum atomic E-state index is 10.6. The van der Waals surface area contributed by atoms with Crippen molar-refractivity contribution in [3.63, 3.8) is 0 Å². The fraction of sp³-hybridized carbons (Fsp3) is 0.562. The van der Waals surface area contributed by atoms with Gasteiger partial charge in [-0.3, -0.25) is 4.68 Å². The molecule has 0 aliphatic heterocycles. The van der Waals surface area contributed by atoms with Crippen LogP contribution in [0.15, 0.2) is 16.5 Å². The van der Waals surface area contributed by atoms with E-state index in [1.54, 1.807) is 6.92 Å². The van der Waals surface area contributed by atoms with Crippen molar-refractivity contribution in [3.05, 3.63) is 40.6 Å². The van der Waals surface area contributed by atoms with Gasteiger partial charge in [-0.05, 0) is 46.8 Å². The molecule has 116 valence electrons. The Kier molecular flexibility index (Phi) is 4.25. The Bertz CT molecular complexity index is 626. The van der Waals surface area contributed by atoms with Crippen LogP contribution in [0, 0.1) is 20.8 Å². The molecule has 0 aromatic carbocycles. The first-order valence-corrected chi connectivity index (χ1v) is 7.25. The van der Waals surface area contributed by atoms with Crippen LogP contribution in [0.5, 0.6) is 0 Å². The number of aliphatic hydroxyl groups is 1. The van der Waals surface area contributed by atoms with Crippen LogP contribution in [0.2, 0.25) is 0 Å². The molecule has 2 atom stereocenters. The van der Waals surface area contributed by atoms with Gasteiger partial charge in [0.25, 0.3) is 0 Å². The fourth-order valence-electron chi connectivity index (χ4n) is 2.68. The number of nitrogens with one attached hydrogen (secondary N) is 1. The van der Waals surface area contributed by atoms with Gasteiger partial charge < -0.3 is 14.8 Å². The van der Waals surface area contributed by atoms with Crippen LogP contribution in [-0.2, 0) is 12.6 Å². The van der Waals surface area contributed by atoms with E-state index in [0.29, 0.717) is 12.3 Å². The third-order valence-electron chi connectivity index (χ3n) is 4.02. The molecule has 0 saturated carbocycles. The molecule has 0 saturated heterocycles. The highest BCUT2D eigenvalue weighted by Crippen LogP contribution is 2.25. The largest absolute Gasteiger partial charge is 0.463 e. The second kappa shape index (κ2) is 5.66. The molecule has 2 aromatic rings. The predicted octanol–water partition coefficient (Wildman–Crippen LogP) is 2.50. The highest BCUT2D eigenvalue weighted by Gasteiger charge is 2.28. The number of hydrogen-bond donors (Lipinski definition) is 2. The highest BCUT2D eigenvalue weighted by atomic mass is 16.4. The van der Waals surface area contributed by atoms with Gasteiger partial charge in [-0.2, -0.15) is 5.10 Å². The van der Waals surface area contributed by atoms with Crippen molar-refractivity contribution in [3.8, 4) is 0 Å². The second-order valence-electron chi connectivity index (χ2n) is 5.99. The van der Waals surface area contributed by atoms with E-state index in [2.05, 4.69) is 24.3 Å². The predicted molar refractivity (Wildman–Crippen MR) is 82.1 cm³/mol. The van der Waals surface area contributed by atoms with E-state index in [9.17, 15) is 5.11 Å². The van der Waals surface area contributed by atoms with E-state index in [-0.39, 0.29) is 6.04 Å². The molecule has 5 nitrogen and oxygen atoms in total. The third-order valence-corrected chi connectivity index (χ3v) is 4.02. The molecule has 2 rings (SSSR count). The first-order valence-electron chi connectivity index (χ1n) is 7.25. The molecular formula is C16H25N3O2. The van der Waals surface area contributed by atoms with E-state index in [4.69, 9.17) is 4.42 Å². The van der Waals surface area contributed by atoms with Gasteiger partial charge in [-0.25, -0.2) is 0 Å². The summed E-state index contributed by atoms with van der Waals surface area (Å²) in [5.74, 6) is 1.39. The van der Waals surface area contributed by atoms with Crippen LogP contribution in [-0.4, -0.2) is 21.4 Å². The van der Waals surface area contributed by atoms with Gasteiger partial charge in [-0.1, -0.05) is 0 Å². The molecule has 0 amide bonds. The number of rotatable bonds is 5. The molecular weight excluding hydrogens is 266 g/mol. The molecule has 0 aliphatic rings. The topological polar surface area (TPSA) is 63.2 Å². The number of hydrogen-bond acceptors (Lipinski definition) is 4. The van der Waals surface area contributed by atoms with Crippen LogP contribution >= 0.6 is 0 Å². The molecule has 0 spiro atoms. The van der Waals surface area contributed by atoms with Crippen LogP contribution in [0.3, 0.4) is 0 Å². The van der Waals surface area contributed by atoms with Crippen molar-refractivity contribution in [1.29, 1.82) is 0 Å². The Morgan fingerprint density at radius 2 is 2.05 bits per heavy atom. The van der Waals surface area contributed by atoms with Gasteiger partial charge in [0.05, 0.1) is 5.69 Å². The lowest BCUT2D eigenvalue weighted by Gasteiger charge is -2.24. The molecule has 2 heterocycles. The van der Waals surface area contributed by atoms with Crippen molar-refractivity contribution < 1.29 is 9.52 Å². The van der Waals surface area contributed by atoms with E-state index in [0.717, 1.165) is 17.1 Å². The smallest absolute Gasteiger partial charge is 0.136 e. The summed E-state index contributed by atoms with van der Waals surface area (Å²) in [6.07, 6.45) is 0.